The van der Waals surface area contributed by atoms with Crippen LogP contribution in [0.4, 0.5) is 23.5 Å². The van der Waals surface area contributed by atoms with Gasteiger partial charge in [-0.1, -0.05) is 86.4 Å². The molecule has 4 bridgehead atoms. The number of aromatic nitrogens is 16. The fraction of sp³-hybridized carbons (Fsp3) is 0.556. The number of hydrogen-bond acceptors (Lipinski definition) is 25. The number of nitrogens with one attached hydrogen (secondary N) is 2. The number of H-pyrrole nitrogens is 2. The average molecular weight is 1530 g/mol. The molecule has 6 aliphatic heterocycles. The molecule has 524 valence electrons. The number of imidazole rings is 4. The first-order valence-corrected chi connectivity index (χ1v) is 34.3. The van der Waals surface area contributed by atoms with Crippen molar-refractivity contribution in [2.24, 2.45) is 23.7 Å². The summed E-state index contributed by atoms with van der Waals surface area (Å²) in [7, 11) is -2.78. The van der Waals surface area contributed by atoms with Crippen molar-refractivity contribution in [1.82, 2.24) is 78.1 Å². The zero-order valence-electron chi connectivity index (χ0n) is 56.5. The van der Waals surface area contributed by atoms with Crippen LogP contribution in [-0.4, -0.2) is 139 Å². The number of phosphoric acid groups is 1. The van der Waals surface area contributed by atoms with E-state index in [0.717, 1.165) is 83.6 Å². The Hall–Kier alpha value is -5.86. The molecule has 35 heteroatoms. The number of benzene rings is 1. The maximum Gasteiger partial charge on any atom is 0.527 e. The molecule has 11 N–H and O–H groups in total. The molecule has 14 heterocycles. The summed E-state index contributed by atoms with van der Waals surface area (Å²) in [5.41, 5.74) is 26.1. The Morgan fingerprint density at radius 1 is 0.571 bits per heavy atom. The number of phosphoric ester groups is 1. The molecule has 0 spiro atoms. The number of para-hydroxylation sites is 1. The fourth-order valence-corrected chi connectivity index (χ4v) is 14.8. The molecule has 98 heavy (non-hydrogen) atoms. The molecule has 0 saturated carbocycles. The molecule has 1 aromatic carbocycles. The van der Waals surface area contributed by atoms with Crippen LogP contribution < -0.4 is 38.6 Å². The second kappa shape index (κ2) is 32.8. The van der Waals surface area contributed by atoms with Crippen LogP contribution in [0.1, 0.15) is 145 Å². The zero-order valence-corrected chi connectivity index (χ0v) is 63.1. The van der Waals surface area contributed by atoms with Crippen LogP contribution in [0.2, 0.25) is 0 Å². The van der Waals surface area contributed by atoms with Gasteiger partial charge in [-0.15, -0.1) is 11.8 Å². The molecule has 9 aromatic rings. The van der Waals surface area contributed by atoms with Crippen molar-refractivity contribution in [2.75, 3.05) is 43.3 Å². The number of nitrogen functional groups attached to an aromatic ring is 4. The van der Waals surface area contributed by atoms with E-state index in [2.05, 4.69) is 137 Å². The van der Waals surface area contributed by atoms with Crippen LogP contribution >= 0.6 is 7.82 Å². The Balaban J connectivity index is 0.000000144. The second-order valence-corrected chi connectivity index (χ2v) is 25.8. The van der Waals surface area contributed by atoms with Crippen molar-refractivity contribution in [2.45, 2.75) is 180 Å². The minimum absolute atomic E-state index is 0. The van der Waals surface area contributed by atoms with E-state index in [9.17, 15) is 14.2 Å². The molecule has 6 fully saturated rings. The molecule has 32 nitrogen and oxygen atoms in total. The van der Waals surface area contributed by atoms with Gasteiger partial charge in [0, 0.05) is 135 Å². The van der Waals surface area contributed by atoms with Gasteiger partial charge < -0.3 is 65.0 Å². The summed E-state index contributed by atoms with van der Waals surface area (Å²) in [5, 5.41) is 0. The van der Waals surface area contributed by atoms with Crippen LogP contribution in [0.3, 0.4) is 0 Å². The maximum absolute atomic E-state index is 12.0. The van der Waals surface area contributed by atoms with Crippen molar-refractivity contribution in [1.29, 1.82) is 0 Å². The third kappa shape index (κ3) is 15.3. The van der Waals surface area contributed by atoms with Crippen molar-refractivity contribution in [3.05, 3.63) is 102 Å². The van der Waals surface area contributed by atoms with Crippen LogP contribution in [0, 0.1) is 36.5 Å². The summed E-state index contributed by atoms with van der Waals surface area (Å²) in [6.07, 6.45) is 23.3. The van der Waals surface area contributed by atoms with Crippen LogP contribution in [-0.2, 0) is 103 Å². The van der Waals surface area contributed by atoms with Gasteiger partial charge in [0.1, 0.15) is 41.6 Å². The van der Waals surface area contributed by atoms with Crippen molar-refractivity contribution >= 4 is 76.0 Å². The van der Waals surface area contributed by atoms with E-state index in [1.54, 1.807) is 64.8 Å². The van der Waals surface area contributed by atoms with E-state index in [1.165, 1.54) is 12.7 Å². The summed E-state index contributed by atoms with van der Waals surface area (Å²) in [5.74, 6) is 2.86. The number of aromatic amines is 2. The monoisotopic (exact) mass is 1520 g/mol. The van der Waals surface area contributed by atoms with Crippen LogP contribution in [0.5, 0.6) is 5.75 Å². The Morgan fingerprint density at radius 3 is 1.38 bits per heavy atom. The topological polar surface area (TPSA) is 430 Å². The number of nitrogens with zero attached hydrogens (tertiary/aromatic N) is 14. The summed E-state index contributed by atoms with van der Waals surface area (Å²) in [4.78, 5) is 79.4. The molecule has 15 rings (SSSR count). The van der Waals surface area contributed by atoms with Crippen molar-refractivity contribution < 1.29 is 112 Å². The normalized spacial score (nSPS) is 28.1. The number of anilines is 4. The number of fused-ring (bicyclic) bond motifs is 8. The van der Waals surface area contributed by atoms with E-state index in [-0.39, 0.29) is 160 Å². The predicted octanol–water partition coefficient (Wildman–Crippen LogP) is 8.09. The van der Waals surface area contributed by atoms with E-state index < -0.39 is 7.82 Å². The Bertz CT molecular complexity index is 4270. The van der Waals surface area contributed by atoms with Gasteiger partial charge in [0.2, 0.25) is 11.9 Å². The van der Waals surface area contributed by atoms with Gasteiger partial charge in [0.15, 0.2) is 57.7 Å². The number of nitrogens with two attached hydrogens (primary N) is 4. The molecule has 2 radical (unpaired) electrons. The van der Waals surface area contributed by atoms with E-state index in [1.807, 2.05) is 9.13 Å². The molecule has 8 aromatic heterocycles. The van der Waals surface area contributed by atoms with Gasteiger partial charge in [-0.2, -0.15) is 9.97 Å². The summed E-state index contributed by atoms with van der Waals surface area (Å²) in [6.45, 7) is 18.7. The number of hydrogen-bond donors (Lipinski definition) is 7. The first kappa shape index (κ1) is 76.3. The molecule has 15 atom stereocenters. The van der Waals surface area contributed by atoms with E-state index in [4.69, 9.17) is 56.2 Å². The smallest absolute Gasteiger partial charge is 0.404 e. The van der Waals surface area contributed by atoms with Crippen molar-refractivity contribution in [3.8, 4) is 5.75 Å². The van der Waals surface area contributed by atoms with Gasteiger partial charge >= 0.3 is 7.82 Å². The molecule has 6 aliphatic rings. The standard InChI is InChI=1S/C15H21N5O3.C15H21N5O2.C13H18N5O2.C13H18N5O.C7H9O4P.2Y/c1-3-8-10-13(23-15(8,4-2)5-6-22-10)20-7-17-9-11(20)18-14(16)19-12(9)21;1-3-9-11-14(22-15(9,4-2)5-6-21-11)20-8-19-10-12(16)17-7-18-13(10)20;1-3-7-5-9(20-8(7)4-2)18-6-15-10-11(18)16-13(14)17-12(10)19;1-3-8-5-10(19-9(8)4-2)18-7-17-11-12(14)15-6-16-13(11)18;1-10-12(8,9)11-7-5-3-2-4-6-7;;/h7-8,10,13H,3-6H2,1-2H3,(H3,16,18,19,21);7-9,11,14H,3-6H2,1-2H3,(H2,16,17,18);5-9H,3-4H2,1-2H3,(H3,14,16,17,19);5-10H,3-4H2,1-2H3,(H2,14,15,16);2-6H,1H3,(H,8,9);;/q;;2*-1;;;/t8?,10-,13+,15-;9?,11-,14+,15-;7?,8-,9-;8?,9-,10-;;;/m0011.../s1. The maximum atomic E-state index is 12.0. The molecular formula is C63H87N20O12PY2-2. The quantitative estimate of drug-likeness (QED) is 0.0376. The number of rotatable bonds is 15. The SMILES string of the molecule is CCC1[C@@H]2OCC[C@]1(CC)O[C@H]2n1cnc2c(=O)[nH]c(N)nc21.CCC1[C@@H]2OCC[C@]1(CC)O[C@H]2n1cnc2c(N)ncnc21.CCC1[CH-][C@H](n2cnc3c(=O)[nH]c(N)nc32)O[C@@H]1CC.CCC1[CH-][C@H](n2cnc3c(N)ncnc32)O[C@@H]1CC.COP(=O)(O)Oc1ccccc1.[Y].[Y]. The first-order chi connectivity index (χ1) is 46.3. The molecular weight excluding hydrogens is 1440 g/mol. The predicted molar refractivity (Wildman–Crippen MR) is 356 cm³/mol. The van der Waals surface area contributed by atoms with Gasteiger partial charge in [-0.3, -0.25) is 51.0 Å². The summed E-state index contributed by atoms with van der Waals surface area (Å²) >= 11 is 0. The van der Waals surface area contributed by atoms with Crippen LogP contribution in [0.15, 0.2) is 77.9 Å². The zero-order chi connectivity index (χ0) is 68.2. The third-order valence-corrected chi connectivity index (χ3v) is 20.2. The minimum atomic E-state index is -3.90. The fourth-order valence-electron chi connectivity index (χ4n) is 14.3. The molecule has 6 saturated heterocycles. The van der Waals surface area contributed by atoms with Crippen LogP contribution in [0.25, 0.3) is 44.7 Å². The summed E-state index contributed by atoms with van der Waals surface area (Å²) < 4.78 is 64.3. The molecule has 0 aliphatic carbocycles. The first-order valence-electron chi connectivity index (χ1n) is 32.8. The second-order valence-electron chi connectivity index (χ2n) is 24.3. The van der Waals surface area contributed by atoms with Gasteiger partial charge in [0.05, 0.1) is 36.5 Å². The van der Waals surface area contributed by atoms with E-state index >= 15 is 0 Å². The Labute approximate surface area is 616 Å². The Kier molecular flexibility index (Phi) is 25.6. The van der Waals surface area contributed by atoms with Gasteiger partial charge in [0.25, 0.3) is 11.1 Å². The van der Waals surface area contributed by atoms with Gasteiger partial charge in [-0.25, -0.2) is 44.4 Å². The molecule has 0 amide bonds. The largest absolute Gasteiger partial charge is 0.527 e. The minimum Gasteiger partial charge on any atom is -0.404 e. The van der Waals surface area contributed by atoms with Gasteiger partial charge in [-0.05, 0) is 50.7 Å². The molecule has 5 unspecified atom stereocenters. The Morgan fingerprint density at radius 2 is 0.980 bits per heavy atom. The average Bonchev–Trinajstić information content (AvgIpc) is 1.60. The third-order valence-electron chi connectivity index (χ3n) is 19.3. The summed E-state index contributed by atoms with van der Waals surface area (Å²) in [6, 6.07) is 8.32. The van der Waals surface area contributed by atoms with Crippen molar-refractivity contribution in [3.63, 3.8) is 0 Å². The number of ether oxygens (including phenoxy) is 6. The van der Waals surface area contributed by atoms with E-state index in [0.29, 0.717) is 75.6 Å².